The molecule has 6 heteroatoms. The summed E-state index contributed by atoms with van der Waals surface area (Å²) in [5.74, 6) is -1.01. The molecule has 3 aromatic carbocycles. The van der Waals surface area contributed by atoms with Gasteiger partial charge in [0.1, 0.15) is 5.75 Å². The van der Waals surface area contributed by atoms with Crippen molar-refractivity contribution in [1.82, 2.24) is 4.57 Å². The molecule has 1 unspecified atom stereocenters. The number of benzene rings is 3. The van der Waals surface area contributed by atoms with Crippen LogP contribution in [0, 0.1) is 6.92 Å². The number of para-hydroxylation sites is 1. The van der Waals surface area contributed by atoms with Crippen LogP contribution in [-0.2, 0) is 11.2 Å². The van der Waals surface area contributed by atoms with Gasteiger partial charge in [0.2, 0.25) is 0 Å². The molecule has 0 aliphatic rings. The van der Waals surface area contributed by atoms with Gasteiger partial charge in [-0.2, -0.15) is 0 Å². The van der Waals surface area contributed by atoms with Crippen molar-refractivity contribution in [1.29, 1.82) is 0 Å². The molecule has 162 valence electrons. The number of hydrogen-bond donors (Lipinski definition) is 2. The first-order chi connectivity index (χ1) is 15.5. The van der Waals surface area contributed by atoms with Crippen LogP contribution >= 0.6 is 0 Å². The molecule has 1 aromatic heterocycles. The van der Waals surface area contributed by atoms with Crippen LogP contribution in [-0.4, -0.2) is 33.3 Å². The average Bonchev–Trinajstić information content (AvgIpc) is 3.10. The van der Waals surface area contributed by atoms with Gasteiger partial charge < -0.3 is 14.9 Å². The molecule has 0 saturated carbocycles. The molecular formula is C26H23NO5. The summed E-state index contributed by atoms with van der Waals surface area (Å²) in [6.07, 6.45) is -0.931. The van der Waals surface area contributed by atoms with E-state index in [1.807, 2.05) is 30.3 Å². The second kappa shape index (κ2) is 9.08. The van der Waals surface area contributed by atoms with Crippen molar-refractivity contribution in [3.05, 3.63) is 101 Å². The van der Waals surface area contributed by atoms with E-state index in [0.29, 0.717) is 34.5 Å². The number of rotatable bonds is 7. The van der Waals surface area contributed by atoms with Gasteiger partial charge in [0.05, 0.1) is 12.1 Å². The maximum absolute atomic E-state index is 13.3. The Kier molecular flexibility index (Phi) is 6.05. The van der Waals surface area contributed by atoms with E-state index in [4.69, 9.17) is 4.74 Å². The van der Waals surface area contributed by atoms with Gasteiger partial charge in [-0.3, -0.25) is 9.36 Å². The number of carboxylic acid groups (broad SMARTS) is 1. The summed E-state index contributed by atoms with van der Waals surface area (Å²) < 4.78 is 7.24. The van der Waals surface area contributed by atoms with Crippen LogP contribution in [0.4, 0.5) is 0 Å². The Morgan fingerprint density at radius 1 is 0.938 bits per heavy atom. The summed E-state index contributed by atoms with van der Waals surface area (Å²) in [6.45, 7) is 2.16. The lowest BCUT2D eigenvalue weighted by atomic mass is 10.1. The van der Waals surface area contributed by atoms with Gasteiger partial charge in [-0.25, -0.2) is 4.79 Å². The summed E-state index contributed by atoms with van der Waals surface area (Å²) >= 11 is 0. The van der Waals surface area contributed by atoms with Crippen molar-refractivity contribution in [3.63, 3.8) is 0 Å². The molecule has 1 atom stereocenters. The fraction of sp³-hybridized carbons (Fsp3) is 0.154. The summed E-state index contributed by atoms with van der Waals surface area (Å²) in [7, 11) is 0. The number of aliphatic carboxylic acids is 1. The number of hydrogen-bond acceptors (Lipinski definition) is 4. The lowest BCUT2D eigenvalue weighted by molar-refractivity contribution is -0.146. The standard InChI is InChI=1S/C26H23NO5/c1-17-23(24(28)26(30)31)21-9-5-6-10-22(21)27(17)25(29)19-11-13-20(14-12-19)32-16-15-18-7-3-2-4-8-18/h2-14,24,28H,15-16H2,1H3,(H,30,31). The first-order valence-corrected chi connectivity index (χ1v) is 10.3. The van der Waals surface area contributed by atoms with E-state index in [0.717, 1.165) is 6.42 Å². The number of fused-ring (bicyclic) bond motifs is 1. The number of carbonyl (C=O) groups excluding carboxylic acids is 1. The fourth-order valence-corrected chi connectivity index (χ4v) is 3.88. The molecular weight excluding hydrogens is 406 g/mol. The number of ether oxygens (including phenoxy) is 1. The van der Waals surface area contributed by atoms with E-state index in [9.17, 15) is 19.8 Å². The molecule has 0 saturated heterocycles. The summed E-state index contributed by atoms with van der Waals surface area (Å²) in [5.41, 5.74) is 2.79. The zero-order valence-electron chi connectivity index (χ0n) is 17.6. The fourth-order valence-electron chi connectivity index (χ4n) is 3.88. The maximum atomic E-state index is 13.3. The van der Waals surface area contributed by atoms with Crippen LogP contribution in [0.5, 0.6) is 5.75 Å². The first kappa shape index (κ1) is 21.3. The Morgan fingerprint density at radius 2 is 1.59 bits per heavy atom. The molecule has 0 aliphatic heterocycles. The van der Waals surface area contributed by atoms with Gasteiger partial charge in [-0.05, 0) is 42.8 Å². The molecule has 0 radical (unpaired) electrons. The maximum Gasteiger partial charge on any atom is 0.337 e. The molecule has 4 rings (SSSR count). The van der Waals surface area contributed by atoms with Gasteiger partial charge in [-0.1, -0.05) is 48.5 Å². The molecule has 0 bridgehead atoms. The van der Waals surface area contributed by atoms with Crippen LogP contribution in [0.2, 0.25) is 0 Å². The van der Waals surface area contributed by atoms with Crippen molar-refractivity contribution in [2.45, 2.75) is 19.4 Å². The Labute approximate surface area is 185 Å². The molecule has 0 aliphatic carbocycles. The summed E-state index contributed by atoms with van der Waals surface area (Å²) in [6, 6.07) is 23.9. The molecule has 32 heavy (non-hydrogen) atoms. The van der Waals surface area contributed by atoms with Gasteiger partial charge >= 0.3 is 5.97 Å². The zero-order valence-corrected chi connectivity index (χ0v) is 17.6. The molecule has 0 spiro atoms. The third-order valence-corrected chi connectivity index (χ3v) is 5.47. The molecule has 0 amide bonds. The van der Waals surface area contributed by atoms with E-state index < -0.39 is 12.1 Å². The predicted octanol–water partition coefficient (Wildman–Crippen LogP) is 4.38. The number of aliphatic hydroxyl groups is 1. The Hall–Kier alpha value is -3.90. The number of carboxylic acids is 1. The van der Waals surface area contributed by atoms with Crippen molar-refractivity contribution in [3.8, 4) is 5.75 Å². The van der Waals surface area contributed by atoms with Crippen LogP contribution < -0.4 is 4.74 Å². The summed E-state index contributed by atoms with van der Waals surface area (Å²) in [5, 5.41) is 20.0. The molecule has 1 heterocycles. The third-order valence-electron chi connectivity index (χ3n) is 5.47. The van der Waals surface area contributed by atoms with Crippen molar-refractivity contribution in [2.75, 3.05) is 6.61 Å². The van der Waals surface area contributed by atoms with Crippen LogP contribution in [0.3, 0.4) is 0 Å². The minimum Gasteiger partial charge on any atom is -0.493 e. The van der Waals surface area contributed by atoms with Gasteiger partial charge in [-0.15, -0.1) is 0 Å². The monoisotopic (exact) mass is 429 g/mol. The molecule has 6 nitrogen and oxygen atoms in total. The smallest absolute Gasteiger partial charge is 0.337 e. The van der Waals surface area contributed by atoms with Gasteiger partial charge in [0.25, 0.3) is 5.91 Å². The highest BCUT2D eigenvalue weighted by atomic mass is 16.5. The largest absolute Gasteiger partial charge is 0.493 e. The Morgan fingerprint density at radius 3 is 2.28 bits per heavy atom. The van der Waals surface area contributed by atoms with Crippen molar-refractivity contribution < 1.29 is 24.5 Å². The van der Waals surface area contributed by atoms with Crippen molar-refractivity contribution in [2.24, 2.45) is 0 Å². The van der Waals surface area contributed by atoms with E-state index in [1.165, 1.54) is 10.1 Å². The van der Waals surface area contributed by atoms with Crippen LogP contribution in [0.1, 0.15) is 33.3 Å². The molecule has 2 N–H and O–H groups in total. The highest BCUT2D eigenvalue weighted by molar-refractivity contribution is 6.05. The molecule has 0 fully saturated rings. The Balaban J connectivity index is 1.57. The van der Waals surface area contributed by atoms with Gasteiger partial charge in [0.15, 0.2) is 6.10 Å². The number of aromatic nitrogens is 1. The first-order valence-electron chi connectivity index (χ1n) is 10.3. The van der Waals surface area contributed by atoms with Crippen LogP contribution in [0.15, 0.2) is 78.9 Å². The van der Waals surface area contributed by atoms with Crippen LogP contribution in [0.25, 0.3) is 10.9 Å². The highest BCUT2D eigenvalue weighted by Crippen LogP contribution is 2.31. The van der Waals surface area contributed by atoms with E-state index in [-0.39, 0.29) is 11.5 Å². The number of aliphatic hydroxyl groups excluding tert-OH is 1. The topological polar surface area (TPSA) is 88.8 Å². The average molecular weight is 429 g/mol. The molecule has 4 aromatic rings. The minimum atomic E-state index is -1.71. The van der Waals surface area contributed by atoms with E-state index >= 15 is 0 Å². The van der Waals surface area contributed by atoms with Crippen molar-refractivity contribution >= 4 is 22.8 Å². The second-order valence-electron chi connectivity index (χ2n) is 7.51. The van der Waals surface area contributed by atoms with E-state index in [1.54, 1.807) is 55.5 Å². The normalized spacial score (nSPS) is 11.9. The highest BCUT2D eigenvalue weighted by Gasteiger charge is 2.27. The SMILES string of the molecule is Cc1c(C(O)C(=O)O)c2ccccc2n1C(=O)c1ccc(OCCc2ccccc2)cc1. The summed E-state index contributed by atoms with van der Waals surface area (Å²) in [4.78, 5) is 24.7. The third kappa shape index (κ3) is 4.13. The Bertz CT molecular complexity index is 1260. The number of carbonyl (C=O) groups is 2. The number of nitrogens with zero attached hydrogens (tertiary/aromatic N) is 1. The van der Waals surface area contributed by atoms with E-state index in [2.05, 4.69) is 0 Å². The quantitative estimate of drug-likeness (QED) is 0.455. The second-order valence-corrected chi connectivity index (χ2v) is 7.51. The van der Waals surface area contributed by atoms with Gasteiger partial charge in [0, 0.05) is 28.6 Å². The zero-order chi connectivity index (χ0) is 22.7. The predicted molar refractivity (Wildman–Crippen MR) is 121 cm³/mol. The lowest BCUT2D eigenvalue weighted by Crippen LogP contribution is -2.16. The lowest BCUT2D eigenvalue weighted by Gasteiger charge is -2.10. The minimum absolute atomic E-state index is 0.224.